The maximum Gasteiger partial charge on any atom is 0.0906 e. The molecular weight excluding hydrogens is 263 g/mol. The molecule has 1 aromatic rings. The van der Waals surface area contributed by atoms with Gasteiger partial charge in [-0.2, -0.15) is 0 Å². The molecule has 64 valence electrons. The molecule has 0 aliphatic heterocycles. The van der Waals surface area contributed by atoms with Crippen molar-refractivity contribution < 1.29 is 5.11 Å². The van der Waals surface area contributed by atoms with Crippen LogP contribution in [0.3, 0.4) is 0 Å². The van der Waals surface area contributed by atoms with E-state index in [1.54, 1.807) is 0 Å². The van der Waals surface area contributed by atoms with Crippen LogP contribution in [0.5, 0.6) is 0 Å². The molecule has 1 fully saturated rings. The lowest BCUT2D eigenvalue weighted by atomic mass is 9.75. The van der Waals surface area contributed by atoms with E-state index in [-0.39, 0.29) is 0 Å². The molecule has 0 atom stereocenters. The van der Waals surface area contributed by atoms with E-state index >= 15 is 0 Å². The summed E-state index contributed by atoms with van der Waals surface area (Å²) in [5.41, 5.74) is 0.606. The van der Waals surface area contributed by atoms with Crippen molar-refractivity contribution in [2.24, 2.45) is 0 Å². The van der Waals surface area contributed by atoms with Gasteiger partial charge in [-0.1, -0.05) is 18.2 Å². The Kier molecular flexibility index (Phi) is 2.12. The Labute approximate surface area is 85.9 Å². The first-order chi connectivity index (χ1) is 5.72. The third-order valence-corrected chi connectivity index (χ3v) is 3.50. The molecule has 0 bridgehead atoms. The zero-order valence-corrected chi connectivity index (χ0v) is 8.91. The Morgan fingerprint density at radius 2 is 1.92 bits per heavy atom. The lowest BCUT2D eigenvalue weighted by molar-refractivity contribution is -0.0395. The Hall–Kier alpha value is -0.0900. The molecule has 0 radical (unpaired) electrons. The van der Waals surface area contributed by atoms with Crippen LogP contribution in [0.4, 0.5) is 0 Å². The normalized spacial score (nSPS) is 20.2. The van der Waals surface area contributed by atoms with Crippen LogP contribution in [0.15, 0.2) is 24.3 Å². The number of halogens is 1. The maximum atomic E-state index is 10.1. The van der Waals surface area contributed by atoms with Crippen molar-refractivity contribution in [3.8, 4) is 0 Å². The molecule has 12 heavy (non-hydrogen) atoms. The fraction of sp³-hybridized carbons (Fsp3) is 0.400. The highest BCUT2D eigenvalue weighted by molar-refractivity contribution is 14.1. The predicted octanol–water partition coefficient (Wildman–Crippen LogP) is 2.66. The summed E-state index contributed by atoms with van der Waals surface area (Å²) in [5, 5.41) is 10.1. The van der Waals surface area contributed by atoms with E-state index in [1.807, 2.05) is 24.3 Å². The molecule has 1 aromatic carbocycles. The van der Waals surface area contributed by atoms with Gasteiger partial charge >= 0.3 is 0 Å². The summed E-state index contributed by atoms with van der Waals surface area (Å²) in [7, 11) is 0. The smallest absolute Gasteiger partial charge is 0.0906 e. The van der Waals surface area contributed by atoms with E-state index in [9.17, 15) is 5.11 Å². The lowest BCUT2D eigenvalue weighted by Crippen LogP contribution is -2.34. The number of aliphatic hydroxyl groups is 1. The molecule has 1 saturated carbocycles. The van der Waals surface area contributed by atoms with Crippen LogP contribution in [0.25, 0.3) is 0 Å². The van der Waals surface area contributed by atoms with Crippen molar-refractivity contribution in [2.45, 2.75) is 24.9 Å². The average Bonchev–Trinajstić information content (AvgIpc) is 2.01. The molecule has 1 aliphatic carbocycles. The molecule has 2 rings (SSSR count). The van der Waals surface area contributed by atoms with Gasteiger partial charge in [0.2, 0.25) is 0 Å². The molecule has 1 aliphatic rings. The van der Waals surface area contributed by atoms with E-state index in [2.05, 4.69) is 22.6 Å². The van der Waals surface area contributed by atoms with Gasteiger partial charge in [0.25, 0.3) is 0 Å². The molecular formula is C10H11IO. The molecule has 1 nitrogen and oxygen atoms in total. The second kappa shape index (κ2) is 3.00. The Morgan fingerprint density at radius 1 is 1.25 bits per heavy atom. The van der Waals surface area contributed by atoms with Gasteiger partial charge in [-0.05, 0) is 53.5 Å². The minimum absolute atomic E-state index is 0.502. The third-order valence-electron chi connectivity index (χ3n) is 2.56. The first-order valence-electron chi connectivity index (χ1n) is 4.20. The summed E-state index contributed by atoms with van der Waals surface area (Å²) in [6.45, 7) is 0. The van der Waals surface area contributed by atoms with Gasteiger partial charge in [0.15, 0.2) is 0 Å². The predicted molar refractivity (Wildman–Crippen MR) is 56.9 cm³/mol. The molecule has 0 heterocycles. The van der Waals surface area contributed by atoms with Crippen molar-refractivity contribution in [1.82, 2.24) is 0 Å². The molecule has 0 spiro atoms. The van der Waals surface area contributed by atoms with Crippen LogP contribution in [0, 0.1) is 3.57 Å². The topological polar surface area (TPSA) is 20.2 Å². The minimum Gasteiger partial charge on any atom is -0.385 e. The minimum atomic E-state index is -0.502. The fourth-order valence-corrected chi connectivity index (χ4v) is 2.51. The van der Waals surface area contributed by atoms with Crippen molar-refractivity contribution >= 4 is 22.6 Å². The van der Waals surface area contributed by atoms with Gasteiger partial charge in [0, 0.05) is 3.57 Å². The van der Waals surface area contributed by atoms with E-state index in [4.69, 9.17) is 0 Å². The Balaban J connectivity index is 2.39. The quantitative estimate of drug-likeness (QED) is 0.780. The van der Waals surface area contributed by atoms with Crippen molar-refractivity contribution in [3.05, 3.63) is 33.4 Å². The largest absolute Gasteiger partial charge is 0.385 e. The van der Waals surface area contributed by atoms with Gasteiger partial charge in [-0.3, -0.25) is 0 Å². The fourth-order valence-electron chi connectivity index (χ4n) is 1.62. The van der Waals surface area contributed by atoms with Gasteiger partial charge in [-0.25, -0.2) is 0 Å². The van der Waals surface area contributed by atoms with Crippen molar-refractivity contribution in [3.63, 3.8) is 0 Å². The SMILES string of the molecule is OC1(c2ccccc2I)CCC1. The monoisotopic (exact) mass is 274 g/mol. The number of hydrogen-bond acceptors (Lipinski definition) is 1. The maximum absolute atomic E-state index is 10.1. The summed E-state index contributed by atoms with van der Waals surface area (Å²) < 4.78 is 1.18. The molecule has 0 amide bonds. The Morgan fingerprint density at radius 3 is 2.42 bits per heavy atom. The van der Waals surface area contributed by atoms with E-state index in [0.717, 1.165) is 24.8 Å². The van der Waals surface area contributed by atoms with Gasteiger partial charge in [-0.15, -0.1) is 0 Å². The second-order valence-electron chi connectivity index (χ2n) is 3.36. The molecule has 0 aromatic heterocycles. The summed E-state index contributed by atoms with van der Waals surface area (Å²) in [5.74, 6) is 0. The molecule has 2 heteroatoms. The van der Waals surface area contributed by atoms with Crippen LogP contribution in [-0.4, -0.2) is 5.11 Å². The van der Waals surface area contributed by atoms with Crippen molar-refractivity contribution in [1.29, 1.82) is 0 Å². The molecule has 1 N–H and O–H groups in total. The summed E-state index contributed by atoms with van der Waals surface area (Å²) >= 11 is 2.28. The summed E-state index contributed by atoms with van der Waals surface area (Å²) in [4.78, 5) is 0. The zero-order chi connectivity index (χ0) is 8.60. The highest BCUT2D eigenvalue weighted by Gasteiger charge is 2.37. The standard InChI is InChI=1S/C10H11IO/c11-9-5-2-1-4-8(9)10(12)6-3-7-10/h1-2,4-5,12H,3,6-7H2. The first-order valence-corrected chi connectivity index (χ1v) is 5.28. The average molecular weight is 274 g/mol. The third kappa shape index (κ3) is 1.27. The van der Waals surface area contributed by atoms with Crippen LogP contribution < -0.4 is 0 Å². The van der Waals surface area contributed by atoms with Crippen LogP contribution in [0.1, 0.15) is 24.8 Å². The van der Waals surface area contributed by atoms with E-state index in [0.29, 0.717) is 0 Å². The number of benzene rings is 1. The zero-order valence-electron chi connectivity index (χ0n) is 6.76. The highest BCUT2D eigenvalue weighted by Crippen LogP contribution is 2.42. The van der Waals surface area contributed by atoms with Crippen LogP contribution in [-0.2, 0) is 5.60 Å². The highest BCUT2D eigenvalue weighted by atomic mass is 127. The summed E-state index contributed by atoms with van der Waals surface area (Å²) in [6, 6.07) is 8.08. The summed E-state index contributed by atoms with van der Waals surface area (Å²) in [6.07, 6.45) is 3.00. The Bertz CT molecular complexity index is 292. The second-order valence-corrected chi connectivity index (χ2v) is 4.53. The number of hydrogen-bond donors (Lipinski definition) is 1. The van der Waals surface area contributed by atoms with Crippen molar-refractivity contribution in [2.75, 3.05) is 0 Å². The van der Waals surface area contributed by atoms with E-state index < -0.39 is 5.60 Å². The van der Waals surface area contributed by atoms with Gasteiger partial charge < -0.3 is 5.11 Å². The van der Waals surface area contributed by atoms with Crippen LogP contribution in [0.2, 0.25) is 0 Å². The lowest BCUT2D eigenvalue weighted by Gasteiger charge is -2.37. The van der Waals surface area contributed by atoms with Crippen LogP contribution >= 0.6 is 22.6 Å². The first kappa shape index (κ1) is 8.51. The molecule has 0 unspecified atom stereocenters. The van der Waals surface area contributed by atoms with Gasteiger partial charge in [0.05, 0.1) is 5.60 Å². The van der Waals surface area contributed by atoms with E-state index in [1.165, 1.54) is 3.57 Å². The number of rotatable bonds is 1. The molecule has 0 saturated heterocycles. The van der Waals surface area contributed by atoms with Gasteiger partial charge in [0.1, 0.15) is 0 Å².